The van der Waals surface area contributed by atoms with Gasteiger partial charge in [0.15, 0.2) is 9.84 Å². The monoisotopic (exact) mass is 479 g/mol. The van der Waals surface area contributed by atoms with Crippen molar-refractivity contribution in [1.29, 1.82) is 0 Å². The van der Waals surface area contributed by atoms with Crippen LogP contribution in [0.3, 0.4) is 0 Å². The molecule has 0 aliphatic carbocycles. The number of rotatable bonds is 7. The third-order valence-electron chi connectivity index (χ3n) is 6.34. The molecule has 1 aliphatic heterocycles. The van der Waals surface area contributed by atoms with Gasteiger partial charge in [0.25, 0.3) is 0 Å². The third kappa shape index (κ3) is 4.21. The second-order valence-corrected chi connectivity index (χ2v) is 11.2. The van der Waals surface area contributed by atoms with Crippen molar-refractivity contribution in [2.75, 3.05) is 18.1 Å². The van der Waals surface area contributed by atoms with Crippen LogP contribution in [-0.4, -0.2) is 36.2 Å². The first-order valence-electron chi connectivity index (χ1n) is 11.5. The summed E-state index contributed by atoms with van der Waals surface area (Å²) in [6.07, 6.45) is 4.74. The fourth-order valence-corrected chi connectivity index (χ4v) is 6.23. The number of aromatic nitrogens is 3. The topological polar surface area (TPSA) is 113 Å². The predicted molar refractivity (Wildman–Crippen MR) is 132 cm³/mol. The summed E-state index contributed by atoms with van der Waals surface area (Å²) in [5.41, 5.74) is 4.41. The van der Waals surface area contributed by atoms with Crippen LogP contribution in [0.2, 0.25) is 0 Å². The molecule has 8 nitrogen and oxygen atoms in total. The number of aromatic amines is 1. The Labute approximate surface area is 199 Å². The van der Waals surface area contributed by atoms with Gasteiger partial charge in [0.2, 0.25) is 0 Å². The molecule has 0 saturated heterocycles. The maximum Gasteiger partial charge on any atom is 0.178 e. The molecule has 0 unspecified atom stereocenters. The van der Waals surface area contributed by atoms with E-state index >= 15 is 0 Å². The lowest BCUT2D eigenvalue weighted by atomic mass is 9.94. The van der Waals surface area contributed by atoms with Gasteiger partial charge in [-0.25, -0.2) is 18.4 Å². The number of fused-ring (bicyclic) bond motifs is 2. The van der Waals surface area contributed by atoms with Crippen molar-refractivity contribution in [2.45, 2.75) is 44.2 Å². The molecule has 1 atom stereocenters. The number of furan rings is 1. The van der Waals surface area contributed by atoms with Gasteiger partial charge < -0.3 is 20.0 Å². The van der Waals surface area contributed by atoms with Gasteiger partial charge >= 0.3 is 0 Å². The van der Waals surface area contributed by atoms with Crippen LogP contribution in [0.1, 0.15) is 43.2 Å². The van der Waals surface area contributed by atoms with E-state index in [0.717, 1.165) is 45.6 Å². The standard InChI is InChI=1S/C25H29N5O3S/c1-15(2)23(17-7-6-16-5-4-8-34(31,32)22(16)10-17)30-25-20-11-21(29-24(20)27-14-28-25)18-9-19(12-26-3)33-13-18/h6-7,9-11,13-15,23,26H,4-5,8,12H2,1-3H3,(H2,27,28,29,30)/t23-/m0/s1. The highest BCUT2D eigenvalue weighted by Crippen LogP contribution is 2.34. The van der Waals surface area contributed by atoms with E-state index in [1.807, 2.05) is 37.4 Å². The van der Waals surface area contributed by atoms with Crippen molar-refractivity contribution in [3.8, 4) is 11.3 Å². The molecule has 1 aromatic carbocycles. The molecular weight excluding hydrogens is 450 g/mol. The van der Waals surface area contributed by atoms with Crippen LogP contribution in [-0.2, 0) is 22.8 Å². The zero-order valence-electron chi connectivity index (χ0n) is 19.6. The maximum atomic E-state index is 12.7. The minimum atomic E-state index is -3.23. The molecular formula is C25H29N5O3S. The zero-order valence-corrected chi connectivity index (χ0v) is 20.4. The summed E-state index contributed by atoms with van der Waals surface area (Å²) in [6.45, 7) is 4.88. The van der Waals surface area contributed by atoms with Crippen molar-refractivity contribution in [2.24, 2.45) is 5.92 Å². The molecule has 1 aliphatic rings. The fourth-order valence-electron chi connectivity index (χ4n) is 4.60. The Kier molecular flexibility index (Phi) is 5.91. The van der Waals surface area contributed by atoms with E-state index in [9.17, 15) is 8.42 Å². The molecule has 3 aromatic heterocycles. The summed E-state index contributed by atoms with van der Waals surface area (Å²) in [4.78, 5) is 12.7. The van der Waals surface area contributed by atoms with Crippen LogP contribution in [0.4, 0.5) is 5.82 Å². The Balaban J connectivity index is 1.50. The molecule has 34 heavy (non-hydrogen) atoms. The highest BCUT2D eigenvalue weighted by molar-refractivity contribution is 7.91. The molecule has 0 bridgehead atoms. The van der Waals surface area contributed by atoms with E-state index in [1.54, 1.807) is 6.26 Å². The lowest BCUT2D eigenvalue weighted by Crippen LogP contribution is -2.20. The Morgan fingerprint density at radius 1 is 1.18 bits per heavy atom. The number of nitrogens with zero attached hydrogens (tertiary/aromatic N) is 2. The quantitative estimate of drug-likeness (QED) is 0.358. The minimum absolute atomic E-state index is 0.116. The average Bonchev–Trinajstić information content (AvgIpc) is 3.44. The summed E-state index contributed by atoms with van der Waals surface area (Å²) in [7, 11) is -1.36. The SMILES string of the molecule is CNCc1cc(-c2cc3c(N[C@H](c4ccc5c(c4)S(=O)(=O)CCC5)C(C)C)ncnc3[nH]2)co1. The van der Waals surface area contributed by atoms with Gasteiger partial charge in [0.05, 0.1) is 34.3 Å². The number of benzene rings is 1. The smallest absolute Gasteiger partial charge is 0.178 e. The van der Waals surface area contributed by atoms with Gasteiger partial charge in [-0.05, 0) is 55.1 Å². The molecule has 0 spiro atoms. The van der Waals surface area contributed by atoms with E-state index in [4.69, 9.17) is 4.42 Å². The molecule has 4 aromatic rings. The number of anilines is 1. The van der Waals surface area contributed by atoms with Gasteiger partial charge in [-0.3, -0.25) is 0 Å². The maximum absolute atomic E-state index is 12.7. The summed E-state index contributed by atoms with van der Waals surface area (Å²) >= 11 is 0. The number of hydrogen-bond donors (Lipinski definition) is 3. The highest BCUT2D eigenvalue weighted by atomic mass is 32.2. The molecule has 0 radical (unpaired) electrons. The van der Waals surface area contributed by atoms with Gasteiger partial charge in [0.1, 0.15) is 29.8 Å². The number of aryl methyl sites for hydroxylation is 1. The van der Waals surface area contributed by atoms with Crippen LogP contribution in [0.25, 0.3) is 22.3 Å². The first-order chi connectivity index (χ1) is 16.4. The lowest BCUT2D eigenvalue weighted by molar-refractivity contribution is 0.496. The van der Waals surface area contributed by atoms with Crippen molar-refractivity contribution in [3.05, 3.63) is 59.8 Å². The lowest BCUT2D eigenvalue weighted by Gasteiger charge is -2.26. The summed E-state index contributed by atoms with van der Waals surface area (Å²) in [5.74, 6) is 1.96. The van der Waals surface area contributed by atoms with Crippen LogP contribution in [0, 0.1) is 5.92 Å². The number of hydrogen-bond acceptors (Lipinski definition) is 7. The molecule has 0 fully saturated rings. The summed E-state index contributed by atoms with van der Waals surface area (Å²) < 4.78 is 31.0. The largest absolute Gasteiger partial charge is 0.467 e. The number of sulfone groups is 1. The highest BCUT2D eigenvalue weighted by Gasteiger charge is 2.26. The fraction of sp³-hybridized carbons (Fsp3) is 0.360. The van der Waals surface area contributed by atoms with Crippen LogP contribution < -0.4 is 10.6 Å². The predicted octanol–water partition coefficient (Wildman–Crippen LogP) is 4.47. The van der Waals surface area contributed by atoms with Crippen LogP contribution in [0.15, 0.2) is 52.2 Å². The van der Waals surface area contributed by atoms with Crippen molar-refractivity contribution < 1.29 is 12.8 Å². The second-order valence-electron chi connectivity index (χ2n) is 9.16. The van der Waals surface area contributed by atoms with Crippen LogP contribution >= 0.6 is 0 Å². The van der Waals surface area contributed by atoms with Crippen LogP contribution in [0.5, 0.6) is 0 Å². The van der Waals surface area contributed by atoms with E-state index < -0.39 is 9.84 Å². The first kappa shape index (κ1) is 22.6. The molecule has 9 heteroatoms. The van der Waals surface area contributed by atoms with Gasteiger partial charge in [-0.1, -0.05) is 26.0 Å². The normalized spacial score (nSPS) is 16.0. The Bertz CT molecular complexity index is 1440. The zero-order chi connectivity index (χ0) is 23.9. The summed E-state index contributed by atoms with van der Waals surface area (Å²) in [6, 6.07) is 9.73. The molecule has 0 saturated carbocycles. The number of H-pyrrole nitrogens is 1. The Hall–Kier alpha value is -3.17. The third-order valence-corrected chi connectivity index (χ3v) is 8.22. The van der Waals surface area contributed by atoms with E-state index in [0.29, 0.717) is 23.7 Å². The van der Waals surface area contributed by atoms with E-state index in [2.05, 4.69) is 39.4 Å². The Morgan fingerprint density at radius 3 is 2.82 bits per heavy atom. The average molecular weight is 480 g/mol. The molecule has 3 N–H and O–H groups in total. The van der Waals surface area contributed by atoms with Gasteiger partial charge in [-0.2, -0.15) is 0 Å². The van der Waals surface area contributed by atoms with Crippen molar-refractivity contribution >= 4 is 26.7 Å². The molecule has 178 valence electrons. The minimum Gasteiger partial charge on any atom is -0.467 e. The van der Waals surface area contributed by atoms with E-state index in [1.165, 1.54) is 6.33 Å². The van der Waals surface area contributed by atoms with Crippen molar-refractivity contribution in [3.63, 3.8) is 0 Å². The van der Waals surface area contributed by atoms with Crippen molar-refractivity contribution in [1.82, 2.24) is 20.3 Å². The second kappa shape index (κ2) is 8.88. The first-order valence-corrected chi connectivity index (χ1v) is 13.2. The molecule has 4 heterocycles. The van der Waals surface area contributed by atoms with Gasteiger partial charge in [0, 0.05) is 5.56 Å². The molecule has 5 rings (SSSR count). The van der Waals surface area contributed by atoms with E-state index in [-0.39, 0.29) is 17.7 Å². The van der Waals surface area contributed by atoms with Gasteiger partial charge in [-0.15, -0.1) is 0 Å². The number of nitrogens with one attached hydrogen (secondary N) is 3. The molecule has 0 amide bonds. The Morgan fingerprint density at radius 2 is 2.03 bits per heavy atom. The summed E-state index contributed by atoms with van der Waals surface area (Å²) in [5, 5.41) is 7.51.